The largest absolute Gasteiger partial charge is 0.495 e. The lowest BCUT2D eigenvalue weighted by atomic mass is 10.1. The number of benzene rings is 2. The Morgan fingerprint density at radius 1 is 1.00 bits per heavy atom. The highest BCUT2D eigenvalue weighted by molar-refractivity contribution is 5.76. The molecule has 9 nitrogen and oxygen atoms in total. The Hall–Kier alpha value is -4.14. The Morgan fingerprint density at radius 3 is 2.44 bits per heavy atom. The van der Waals surface area contributed by atoms with Gasteiger partial charge in [0.1, 0.15) is 18.1 Å². The number of hydrogen-bond acceptors (Lipinski definition) is 6. The van der Waals surface area contributed by atoms with Crippen molar-refractivity contribution in [3.63, 3.8) is 0 Å². The van der Waals surface area contributed by atoms with E-state index < -0.39 is 0 Å². The molecule has 34 heavy (non-hydrogen) atoms. The molecule has 0 N–H and O–H groups in total. The van der Waals surface area contributed by atoms with Crippen molar-refractivity contribution >= 4 is 17.2 Å². The maximum Gasteiger partial charge on any atom is 0.352 e. The van der Waals surface area contributed by atoms with E-state index in [1.165, 1.54) is 9.08 Å². The van der Waals surface area contributed by atoms with Gasteiger partial charge >= 0.3 is 5.69 Å². The van der Waals surface area contributed by atoms with Crippen molar-refractivity contribution in [2.75, 3.05) is 38.2 Å². The molecule has 0 spiro atoms. The normalized spacial score (nSPS) is 13.9. The quantitative estimate of drug-likeness (QED) is 0.456. The van der Waals surface area contributed by atoms with E-state index in [9.17, 15) is 9.59 Å². The first-order valence-corrected chi connectivity index (χ1v) is 11.2. The molecule has 4 aromatic rings. The van der Waals surface area contributed by atoms with E-state index in [-0.39, 0.29) is 18.1 Å². The highest BCUT2D eigenvalue weighted by Gasteiger charge is 2.24. The van der Waals surface area contributed by atoms with Crippen LogP contribution in [0.4, 0.5) is 5.69 Å². The van der Waals surface area contributed by atoms with Gasteiger partial charge in [-0.25, -0.2) is 18.9 Å². The predicted molar refractivity (Wildman–Crippen MR) is 129 cm³/mol. The van der Waals surface area contributed by atoms with Crippen molar-refractivity contribution in [2.24, 2.45) is 0 Å². The maximum absolute atomic E-state index is 13.0. The van der Waals surface area contributed by atoms with Crippen molar-refractivity contribution in [3.8, 4) is 17.0 Å². The molecule has 9 heteroatoms. The molecule has 2 aromatic heterocycles. The fourth-order valence-electron chi connectivity index (χ4n) is 4.38. The molecule has 1 amide bonds. The van der Waals surface area contributed by atoms with Gasteiger partial charge in [-0.3, -0.25) is 4.79 Å². The summed E-state index contributed by atoms with van der Waals surface area (Å²) >= 11 is 0. The van der Waals surface area contributed by atoms with Crippen LogP contribution in [0.3, 0.4) is 0 Å². The number of hydrogen-bond donors (Lipinski definition) is 0. The summed E-state index contributed by atoms with van der Waals surface area (Å²) in [7, 11) is 1.66. The molecule has 3 heterocycles. The molecule has 5 rings (SSSR count). The second kappa shape index (κ2) is 9.01. The Kier molecular flexibility index (Phi) is 5.75. The topological polar surface area (TPSA) is 85.0 Å². The van der Waals surface area contributed by atoms with Crippen LogP contribution in [0, 0.1) is 6.92 Å². The second-order valence-corrected chi connectivity index (χ2v) is 8.23. The van der Waals surface area contributed by atoms with Crippen molar-refractivity contribution in [1.29, 1.82) is 0 Å². The molecule has 0 saturated carbocycles. The van der Waals surface area contributed by atoms with Gasteiger partial charge in [-0.2, -0.15) is 0 Å². The Balaban J connectivity index is 1.32. The molecule has 0 unspecified atom stereocenters. The summed E-state index contributed by atoms with van der Waals surface area (Å²) in [6, 6.07) is 19.4. The van der Waals surface area contributed by atoms with Gasteiger partial charge in [0.05, 0.1) is 18.5 Å². The number of nitrogens with zero attached hydrogens (tertiary/aromatic N) is 6. The highest BCUT2D eigenvalue weighted by Crippen LogP contribution is 2.28. The molecule has 1 aliphatic heterocycles. The first-order chi connectivity index (χ1) is 16.5. The maximum atomic E-state index is 13.0. The molecule has 2 aromatic carbocycles. The van der Waals surface area contributed by atoms with Crippen LogP contribution in [0.15, 0.2) is 65.5 Å². The van der Waals surface area contributed by atoms with E-state index >= 15 is 0 Å². The lowest BCUT2D eigenvalue weighted by Gasteiger charge is -2.36. The molecule has 1 aliphatic rings. The minimum atomic E-state index is -0.361. The minimum absolute atomic E-state index is 0.102. The summed E-state index contributed by atoms with van der Waals surface area (Å²) in [4.78, 5) is 34.5. The lowest BCUT2D eigenvalue weighted by molar-refractivity contribution is -0.132. The number of methoxy groups -OCH3 is 1. The Bertz CT molecular complexity index is 1390. The number of para-hydroxylation sites is 2. The summed E-state index contributed by atoms with van der Waals surface area (Å²) in [5, 5.41) is 4.43. The number of anilines is 1. The third kappa shape index (κ3) is 4.00. The van der Waals surface area contributed by atoms with Crippen LogP contribution in [-0.4, -0.2) is 63.3 Å². The number of carbonyl (C=O) groups is 1. The van der Waals surface area contributed by atoms with E-state index in [0.717, 1.165) is 22.7 Å². The molecule has 0 radical (unpaired) electrons. The molecule has 0 bridgehead atoms. The number of fused-ring (bicyclic) bond motifs is 1. The van der Waals surface area contributed by atoms with Crippen LogP contribution in [0.5, 0.6) is 5.75 Å². The first-order valence-electron chi connectivity index (χ1n) is 11.2. The number of rotatable bonds is 5. The molecule has 1 fully saturated rings. The summed E-state index contributed by atoms with van der Waals surface area (Å²) in [5.74, 6) is 1.22. The summed E-state index contributed by atoms with van der Waals surface area (Å²) in [6.07, 6.45) is 0. The number of aryl methyl sites for hydroxylation is 1. The molecule has 0 atom stereocenters. The third-order valence-corrected chi connectivity index (χ3v) is 6.15. The fraction of sp³-hybridized carbons (Fsp3) is 0.280. The van der Waals surface area contributed by atoms with Crippen LogP contribution in [-0.2, 0) is 11.3 Å². The molecule has 1 saturated heterocycles. The summed E-state index contributed by atoms with van der Waals surface area (Å²) in [5.41, 5.74) is 2.82. The average molecular weight is 459 g/mol. The molecule has 0 aliphatic carbocycles. The van der Waals surface area contributed by atoms with Gasteiger partial charge in [0.25, 0.3) is 0 Å². The zero-order chi connectivity index (χ0) is 23.7. The number of amides is 1. The van der Waals surface area contributed by atoms with Crippen molar-refractivity contribution in [3.05, 3.63) is 77.0 Å². The van der Waals surface area contributed by atoms with Crippen LogP contribution in [0.25, 0.3) is 16.9 Å². The van der Waals surface area contributed by atoms with Crippen LogP contribution in [0.1, 0.15) is 5.82 Å². The van der Waals surface area contributed by atoms with Gasteiger partial charge in [-0.1, -0.05) is 42.5 Å². The summed E-state index contributed by atoms with van der Waals surface area (Å²) in [6.45, 7) is 4.18. The second-order valence-electron chi connectivity index (χ2n) is 8.23. The molecular weight excluding hydrogens is 432 g/mol. The predicted octanol–water partition coefficient (Wildman–Crippen LogP) is 2.22. The lowest BCUT2D eigenvalue weighted by Crippen LogP contribution is -2.50. The van der Waals surface area contributed by atoms with Gasteiger partial charge < -0.3 is 14.5 Å². The van der Waals surface area contributed by atoms with Crippen LogP contribution < -0.4 is 15.3 Å². The number of carbonyl (C=O) groups excluding carboxylic acids is 1. The van der Waals surface area contributed by atoms with E-state index in [1.807, 2.05) is 54.6 Å². The van der Waals surface area contributed by atoms with Gasteiger partial charge in [0.15, 0.2) is 5.65 Å². The minimum Gasteiger partial charge on any atom is -0.495 e. The van der Waals surface area contributed by atoms with Crippen LogP contribution >= 0.6 is 0 Å². The first kappa shape index (κ1) is 21.7. The smallest absolute Gasteiger partial charge is 0.352 e. The number of ether oxygens (including phenoxy) is 1. The van der Waals surface area contributed by atoms with E-state index in [0.29, 0.717) is 37.7 Å². The van der Waals surface area contributed by atoms with Crippen molar-refractivity contribution in [1.82, 2.24) is 24.1 Å². The Labute approximate surface area is 196 Å². The van der Waals surface area contributed by atoms with E-state index in [4.69, 9.17) is 4.74 Å². The number of aromatic nitrogens is 4. The van der Waals surface area contributed by atoms with E-state index in [2.05, 4.69) is 15.0 Å². The zero-order valence-electron chi connectivity index (χ0n) is 19.2. The monoisotopic (exact) mass is 458 g/mol. The molecular formula is C25H26N6O3. The highest BCUT2D eigenvalue weighted by atomic mass is 16.5. The van der Waals surface area contributed by atoms with Crippen LogP contribution in [0.2, 0.25) is 0 Å². The van der Waals surface area contributed by atoms with Gasteiger partial charge in [0, 0.05) is 37.8 Å². The summed E-state index contributed by atoms with van der Waals surface area (Å²) < 4.78 is 8.14. The standard InChI is InChI=1S/C25H26N6O3/c1-18-26-20(19-8-4-3-5-9-19)16-23-27-30(25(33)31(18)23)17-24(32)29-14-12-28(13-15-29)21-10-6-7-11-22(21)34-2/h3-11,16H,12-15,17H2,1-2H3. The van der Waals surface area contributed by atoms with Crippen molar-refractivity contribution in [2.45, 2.75) is 13.5 Å². The zero-order valence-corrected chi connectivity index (χ0v) is 19.2. The Morgan fingerprint density at radius 2 is 1.71 bits per heavy atom. The molecule has 174 valence electrons. The van der Waals surface area contributed by atoms with Gasteiger partial charge in [0.2, 0.25) is 5.91 Å². The number of piperazine rings is 1. The fourth-order valence-corrected chi connectivity index (χ4v) is 4.38. The van der Waals surface area contributed by atoms with Crippen molar-refractivity contribution < 1.29 is 9.53 Å². The van der Waals surface area contributed by atoms with E-state index in [1.54, 1.807) is 25.0 Å². The van der Waals surface area contributed by atoms with Gasteiger partial charge in [-0.05, 0) is 19.1 Å². The third-order valence-electron chi connectivity index (χ3n) is 6.15. The van der Waals surface area contributed by atoms with Gasteiger partial charge in [-0.15, -0.1) is 5.10 Å². The SMILES string of the molecule is COc1ccccc1N1CCN(C(=O)Cn2nc3cc(-c4ccccc4)nc(C)n3c2=O)CC1. The average Bonchev–Trinajstić information content (AvgIpc) is 3.19.